The number of aliphatic hydroxyl groups is 1. The van der Waals surface area contributed by atoms with Gasteiger partial charge in [-0.1, -0.05) is 38.0 Å². The fourth-order valence-corrected chi connectivity index (χ4v) is 2.14. The van der Waals surface area contributed by atoms with Gasteiger partial charge in [0.2, 0.25) is 0 Å². The van der Waals surface area contributed by atoms with Crippen LogP contribution in [0.4, 0.5) is 0 Å². The number of methoxy groups -OCH3 is 1. The summed E-state index contributed by atoms with van der Waals surface area (Å²) in [6.45, 7) is 2.14. The van der Waals surface area contributed by atoms with Gasteiger partial charge in [-0.3, -0.25) is 0 Å². The van der Waals surface area contributed by atoms with E-state index in [0.29, 0.717) is 0 Å². The third kappa shape index (κ3) is 2.82. The minimum Gasteiger partial charge on any atom is -0.497 e. The first-order valence-electron chi connectivity index (χ1n) is 6.50. The summed E-state index contributed by atoms with van der Waals surface area (Å²) in [4.78, 5) is 0. The van der Waals surface area contributed by atoms with E-state index < -0.39 is 0 Å². The second-order valence-electron chi connectivity index (χ2n) is 4.63. The highest BCUT2D eigenvalue weighted by Gasteiger charge is 2.07. The monoisotopic (exact) mass is 244 g/mol. The Kier molecular flexibility index (Phi) is 4.21. The van der Waals surface area contributed by atoms with Gasteiger partial charge in [0.1, 0.15) is 5.75 Å². The van der Waals surface area contributed by atoms with Crippen molar-refractivity contribution in [3.8, 4) is 5.75 Å². The van der Waals surface area contributed by atoms with Crippen molar-refractivity contribution in [3.63, 3.8) is 0 Å². The van der Waals surface area contributed by atoms with Crippen molar-refractivity contribution in [2.75, 3.05) is 7.11 Å². The van der Waals surface area contributed by atoms with Crippen molar-refractivity contribution in [1.82, 2.24) is 0 Å². The summed E-state index contributed by atoms with van der Waals surface area (Å²) in [5, 5.41) is 12.4. The van der Waals surface area contributed by atoms with Crippen LogP contribution in [0.25, 0.3) is 10.8 Å². The SMILES string of the molecule is CCCCC(O)c1ccc2cc(OC)ccc2c1. The molecule has 0 amide bonds. The minimum absolute atomic E-state index is 0.351. The van der Waals surface area contributed by atoms with E-state index in [4.69, 9.17) is 4.74 Å². The van der Waals surface area contributed by atoms with Gasteiger partial charge in [0.15, 0.2) is 0 Å². The van der Waals surface area contributed by atoms with Crippen LogP contribution in [0.3, 0.4) is 0 Å². The van der Waals surface area contributed by atoms with Gasteiger partial charge >= 0.3 is 0 Å². The molecule has 2 rings (SSSR count). The molecule has 18 heavy (non-hydrogen) atoms. The molecular formula is C16H20O2. The summed E-state index contributed by atoms with van der Waals surface area (Å²) in [6, 6.07) is 12.1. The zero-order valence-electron chi connectivity index (χ0n) is 11.0. The van der Waals surface area contributed by atoms with E-state index in [2.05, 4.69) is 13.0 Å². The summed E-state index contributed by atoms with van der Waals surface area (Å²) in [5.74, 6) is 0.863. The molecule has 96 valence electrons. The lowest BCUT2D eigenvalue weighted by Crippen LogP contribution is -1.97. The minimum atomic E-state index is -0.351. The van der Waals surface area contributed by atoms with Crippen LogP contribution in [-0.2, 0) is 0 Å². The molecular weight excluding hydrogens is 224 g/mol. The Morgan fingerprint density at radius 2 is 1.83 bits per heavy atom. The second-order valence-corrected chi connectivity index (χ2v) is 4.63. The van der Waals surface area contributed by atoms with Crippen molar-refractivity contribution in [3.05, 3.63) is 42.0 Å². The molecule has 0 aliphatic rings. The van der Waals surface area contributed by atoms with Crippen LogP contribution in [0.15, 0.2) is 36.4 Å². The van der Waals surface area contributed by atoms with Crippen LogP contribution in [0, 0.1) is 0 Å². The topological polar surface area (TPSA) is 29.5 Å². The maximum Gasteiger partial charge on any atom is 0.119 e. The van der Waals surface area contributed by atoms with Crippen LogP contribution in [0.5, 0.6) is 5.75 Å². The Balaban J connectivity index is 2.27. The standard InChI is InChI=1S/C16H20O2/c1-3-4-5-16(17)14-7-6-13-11-15(18-2)9-8-12(13)10-14/h6-11,16-17H,3-5H2,1-2H3. The predicted molar refractivity (Wildman–Crippen MR) is 75.0 cm³/mol. The maximum atomic E-state index is 10.1. The molecule has 2 heteroatoms. The first kappa shape index (κ1) is 12.9. The van der Waals surface area contributed by atoms with Crippen LogP contribution >= 0.6 is 0 Å². The lowest BCUT2D eigenvalue weighted by atomic mass is 10.00. The number of benzene rings is 2. The van der Waals surface area contributed by atoms with Crippen LogP contribution in [0.2, 0.25) is 0 Å². The molecule has 0 radical (unpaired) electrons. The number of unbranched alkanes of at least 4 members (excludes halogenated alkanes) is 1. The van der Waals surface area contributed by atoms with Gasteiger partial charge in [-0.15, -0.1) is 0 Å². The summed E-state index contributed by atoms with van der Waals surface area (Å²) >= 11 is 0. The van der Waals surface area contributed by atoms with E-state index in [1.54, 1.807) is 7.11 Å². The van der Waals surface area contributed by atoms with Crippen LogP contribution in [-0.4, -0.2) is 12.2 Å². The Hall–Kier alpha value is -1.54. The van der Waals surface area contributed by atoms with Crippen molar-refractivity contribution in [2.24, 2.45) is 0 Å². The smallest absolute Gasteiger partial charge is 0.119 e. The van der Waals surface area contributed by atoms with Gasteiger partial charge in [0.05, 0.1) is 13.2 Å². The van der Waals surface area contributed by atoms with E-state index in [9.17, 15) is 5.11 Å². The largest absolute Gasteiger partial charge is 0.497 e. The normalized spacial score (nSPS) is 12.6. The van der Waals surface area contributed by atoms with Gasteiger partial charge in [-0.05, 0) is 41.0 Å². The molecule has 0 saturated heterocycles. The van der Waals surface area contributed by atoms with E-state index in [0.717, 1.165) is 41.3 Å². The van der Waals surface area contributed by atoms with Crippen molar-refractivity contribution >= 4 is 10.8 Å². The van der Waals surface area contributed by atoms with Crippen molar-refractivity contribution in [1.29, 1.82) is 0 Å². The Morgan fingerprint density at radius 3 is 2.56 bits per heavy atom. The third-order valence-electron chi connectivity index (χ3n) is 3.29. The second kappa shape index (κ2) is 5.87. The zero-order valence-corrected chi connectivity index (χ0v) is 11.0. The molecule has 0 aromatic heterocycles. The van der Waals surface area contributed by atoms with E-state index in [-0.39, 0.29) is 6.10 Å². The summed E-state index contributed by atoms with van der Waals surface area (Å²) in [7, 11) is 1.67. The summed E-state index contributed by atoms with van der Waals surface area (Å²) in [6.07, 6.45) is 2.65. The summed E-state index contributed by atoms with van der Waals surface area (Å²) < 4.78 is 5.20. The van der Waals surface area contributed by atoms with Gasteiger partial charge in [0.25, 0.3) is 0 Å². The highest BCUT2D eigenvalue weighted by molar-refractivity contribution is 5.84. The maximum absolute atomic E-state index is 10.1. The Morgan fingerprint density at radius 1 is 1.11 bits per heavy atom. The fourth-order valence-electron chi connectivity index (χ4n) is 2.14. The van der Waals surface area contributed by atoms with Gasteiger partial charge < -0.3 is 9.84 Å². The molecule has 0 spiro atoms. The number of fused-ring (bicyclic) bond motifs is 1. The molecule has 0 saturated carbocycles. The average Bonchev–Trinajstić information content (AvgIpc) is 2.43. The first-order chi connectivity index (χ1) is 8.74. The Bertz CT molecular complexity index is 519. The number of hydrogen-bond acceptors (Lipinski definition) is 2. The molecule has 2 aromatic carbocycles. The molecule has 2 aromatic rings. The van der Waals surface area contributed by atoms with E-state index in [1.165, 1.54) is 0 Å². The lowest BCUT2D eigenvalue weighted by molar-refractivity contribution is 0.164. The van der Waals surface area contributed by atoms with E-state index in [1.807, 2.05) is 30.3 Å². The molecule has 0 fully saturated rings. The average molecular weight is 244 g/mol. The van der Waals surface area contributed by atoms with Gasteiger partial charge in [-0.25, -0.2) is 0 Å². The van der Waals surface area contributed by atoms with Crippen molar-refractivity contribution in [2.45, 2.75) is 32.3 Å². The number of ether oxygens (including phenoxy) is 1. The molecule has 0 aliphatic heterocycles. The zero-order chi connectivity index (χ0) is 13.0. The van der Waals surface area contributed by atoms with E-state index >= 15 is 0 Å². The Labute approximate surface area is 108 Å². The first-order valence-corrected chi connectivity index (χ1v) is 6.50. The molecule has 0 heterocycles. The quantitative estimate of drug-likeness (QED) is 0.859. The number of hydrogen-bond donors (Lipinski definition) is 1. The molecule has 1 atom stereocenters. The molecule has 1 N–H and O–H groups in total. The highest BCUT2D eigenvalue weighted by Crippen LogP contribution is 2.26. The molecule has 1 unspecified atom stereocenters. The molecule has 2 nitrogen and oxygen atoms in total. The molecule has 0 aliphatic carbocycles. The number of aliphatic hydroxyl groups excluding tert-OH is 1. The lowest BCUT2D eigenvalue weighted by Gasteiger charge is -2.11. The third-order valence-corrected chi connectivity index (χ3v) is 3.29. The van der Waals surface area contributed by atoms with Crippen molar-refractivity contribution < 1.29 is 9.84 Å². The summed E-state index contributed by atoms with van der Waals surface area (Å²) in [5.41, 5.74) is 1.00. The van der Waals surface area contributed by atoms with Gasteiger partial charge in [0, 0.05) is 0 Å². The number of rotatable bonds is 5. The molecule has 0 bridgehead atoms. The van der Waals surface area contributed by atoms with Crippen LogP contribution in [0.1, 0.15) is 37.9 Å². The predicted octanol–water partition coefficient (Wildman–Crippen LogP) is 4.07. The highest BCUT2D eigenvalue weighted by atomic mass is 16.5. The van der Waals surface area contributed by atoms with Gasteiger partial charge in [-0.2, -0.15) is 0 Å². The van der Waals surface area contributed by atoms with Crippen LogP contribution < -0.4 is 4.74 Å². The fraction of sp³-hybridized carbons (Fsp3) is 0.375.